The highest BCUT2D eigenvalue weighted by Crippen LogP contribution is 2.43. The molecule has 3 nitrogen and oxygen atoms in total. The Morgan fingerprint density at radius 2 is 1.62 bits per heavy atom. The number of ether oxygens (including phenoxy) is 1. The number of amides is 1. The fourth-order valence-electron chi connectivity index (χ4n) is 2.62. The van der Waals surface area contributed by atoms with Crippen molar-refractivity contribution in [2.75, 3.05) is 0 Å². The standard InChI is InChI=1S/C18H19NO2/c1-3-12(2)19-18(20)17-13-8-4-6-10-15(13)21-16-11-7-5-9-14(16)17/h4-12,17H,3H2,1-2H3,(H,19,20)/t12-/m1/s1. The molecule has 0 radical (unpaired) electrons. The normalized spacial score (nSPS) is 14.6. The van der Waals surface area contributed by atoms with Crippen molar-refractivity contribution in [2.24, 2.45) is 0 Å². The van der Waals surface area contributed by atoms with Gasteiger partial charge in [-0.1, -0.05) is 43.3 Å². The van der Waals surface area contributed by atoms with Gasteiger partial charge in [0, 0.05) is 17.2 Å². The van der Waals surface area contributed by atoms with Gasteiger partial charge in [-0.2, -0.15) is 0 Å². The van der Waals surface area contributed by atoms with Crippen molar-refractivity contribution in [3.05, 3.63) is 59.7 Å². The quantitative estimate of drug-likeness (QED) is 0.928. The van der Waals surface area contributed by atoms with Crippen molar-refractivity contribution in [1.29, 1.82) is 0 Å². The lowest BCUT2D eigenvalue weighted by atomic mass is 9.87. The van der Waals surface area contributed by atoms with E-state index in [2.05, 4.69) is 12.2 Å². The first-order chi connectivity index (χ1) is 10.2. The molecule has 3 heteroatoms. The van der Waals surface area contributed by atoms with Crippen LogP contribution in [0.25, 0.3) is 0 Å². The minimum Gasteiger partial charge on any atom is -0.457 e. The van der Waals surface area contributed by atoms with Gasteiger partial charge in [0.05, 0.1) is 5.92 Å². The Morgan fingerprint density at radius 1 is 1.10 bits per heavy atom. The number of nitrogens with one attached hydrogen (secondary N) is 1. The zero-order chi connectivity index (χ0) is 14.8. The molecule has 0 spiro atoms. The highest BCUT2D eigenvalue weighted by molar-refractivity contribution is 5.89. The molecule has 1 heterocycles. The van der Waals surface area contributed by atoms with Gasteiger partial charge in [0.1, 0.15) is 11.5 Å². The zero-order valence-corrected chi connectivity index (χ0v) is 12.3. The maximum atomic E-state index is 12.7. The van der Waals surface area contributed by atoms with Gasteiger partial charge in [0.25, 0.3) is 0 Å². The van der Waals surface area contributed by atoms with E-state index in [0.717, 1.165) is 29.0 Å². The number of fused-ring (bicyclic) bond motifs is 2. The van der Waals surface area contributed by atoms with E-state index in [4.69, 9.17) is 4.74 Å². The lowest BCUT2D eigenvalue weighted by Gasteiger charge is -2.28. The van der Waals surface area contributed by atoms with E-state index < -0.39 is 0 Å². The summed E-state index contributed by atoms with van der Waals surface area (Å²) in [4.78, 5) is 12.7. The van der Waals surface area contributed by atoms with Gasteiger partial charge in [-0.05, 0) is 25.5 Å². The first-order valence-electron chi connectivity index (χ1n) is 7.36. The first kappa shape index (κ1) is 13.7. The predicted octanol–water partition coefficient (Wildman–Crippen LogP) is 3.84. The molecular formula is C18H19NO2. The Labute approximate surface area is 124 Å². The van der Waals surface area contributed by atoms with Crippen molar-refractivity contribution in [1.82, 2.24) is 5.32 Å². The minimum absolute atomic E-state index is 0.0348. The molecular weight excluding hydrogens is 262 g/mol. The van der Waals surface area contributed by atoms with Gasteiger partial charge in [-0.3, -0.25) is 4.79 Å². The number of para-hydroxylation sites is 2. The third-order valence-corrected chi connectivity index (χ3v) is 3.94. The molecule has 1 aliphatic heterocycles. The Balaban J connectivity index is 2.04. The number of hydrogen-bond acceptors (Lipinski definition) is 2. The molecule has 2 aromatic rings. The monoisotopic (exact) mass is 281 g/mol. The van der Waals surface area contributed by atoms with Crippen LogP contribution in [0.1, 0.15) is 37.3 Å². The van der Waals surface area contributed by atoms with Gasteiger partial charge in [-0.15, -0.1) is 0 Å². The summed E-state index contributed by atoms with van der Waals surface area (Å²) >= 11 is 0. The van der Waals surface area contributed by atoms with Crippen LogP contribution in [0.2, 0.25) is 0 Å². The SMILES string of the molecule is CC[C@@H](C)NC(=O)C1c2ccccc2Oc2ccccc21. The van der Waals surface area contributed by atoms with Crippen LogP contribution >= 0.6 is 0 Å². The van der Waals surface area contributed by atoms with Crippen LogP contribution < -0.4 is 10.1 Å². The predicted molar refractivity (Wildman–Crippen MR) is 82.7 cm³/mol. The number of rotatable bonds is 3. The summed E-state index contributed by atoms with van der Waals surface area (Å²) < 4.78 is 5.91. The number of hydrogen-bond donors (Lipinski definition) is 1. The molecule has 1 N–H and O–H groups in total. The summed E-state index contributed by atoms with van der Waals surface area (Å²) in [6, 6.07) is 15.7. The summed E-state index contributed by atoms with van der Waals surface area (Å²) in [6.07, 6.45) is 0.915. The average molecular weight is 281 g/mol. The first-order valence-corrected chi connectivity index (χ1v) is 7.36. The molecule has 0 saturated heterocycles. The Kier molecular flexibility index (Phi) is 3.65. The van der Waals surface area contributed by atoms with E-state index >= 15 is 0 Å². The molecule has 0 saturated carbocycles. The maximum absolute atomic E-state index is 12.7. The molecule has 1 aliphatic rings. The molecule has 2 aromatic carbocycles. The van der Waals surface area contributed by atoms with Gasteiger partial charge >= 0.3 is 0 Å². The largest absolute Gasteiger partial charge is 0.457 e. The van der Waals surface area contributed by atoms with E-state index in [1.807, 2.05) is 55.5 Å². The number of carbonyl (C=O) groups is 1. The van der Waals surface area contributed by atoms with Crippen molar-refractivity contribution in [3.63, 3.8) is 0 Å². The van der Waals surface area contributed by atoms with Gasteiger partial charge in [0.15, 0.2) is 0 Å². The van der Waals surface area contributed by atoms with Crippen LogP contribution in [0.3, 0.4) is 0 Å². The summed E-state index contributed by atoms with van der Waals surface area (Å²) in [5.41, 5.74) is 1.86. The summed E-state index contributed by atoms with van der Waals surface area (Å²) in [7, 11) is 0. The van der Waals surface area contributed by atoms with Crippen LogP contribution in [-0.4, -0.2) is 11.9 Å². The summed E-state index contributed by atoms with van der Waals surface area (Å²) in [5.74, 6) is 1.26. The average Bonchev–Trinajstić information content (AvgIpc) is 2.52. The summed E-state index contributed by atoms with van der Waals surface area (Å²) in [6.45, 7) is 4.09. The number of benzene rings is 2. The molecule has 0 aliphatic carbocycles. The van der Waals surface area contributed by atoms with Crippen LogP contribution in [0.5, 0.6) is 11.5 Å². The second kappa shape index (κ2) is 5.60. The topological polar surface area (TPSA) is 38.3 Å². The number of carbonyl (C=O) groups excluding carboxylic acids is 1. The van der Waals surface area contributed by atoms with Crippen LogP contribution in [-0.2, 0) is 4.79 Å². The van der Waals surface area contributed by atoms with Gasteiger partial charge < -0.3 is 10.1 Å². The zero-order valence-electron chi connectivity index (χ0n) is 12.3. The van der Waals surface area contributed by atoms with E-state index in [-0.39, 0.29) is 17.9 Å². The third kappa shape index (κ3) is 2.51. The fourth-order valence-corrected chi connectivity index (χ4v) is 2.62. The smallest absolute Gasteiger partial charge is 0.232 e. The van der Waals surface area contributed by atoms with Gasteiger partial charge in [0.2, 0.25) is 5.91 Å². The molecule has 0 fully saturated rings. The molecule has 3 rings (SSSR count). The van der Waals surface area contributed by atoms with Crippen molar-refractivity contribution < 1.29 is 9.53 Å². The van der Waals surface area contributed by atoms with E-state index in [1.165, 1.54) is 0 Å². The highest BCUT2D eigenvalue weighted by Gasteiger charge is 2.32. The van der Waals surface area contributed by atoms with E-state index in [1.54, 1.807) is 0 Å². The Morgan fingerprint density at radius 3 is 2.14 bits per heavy atom. The highest BCUT2D eigenvalue weighted by atomic mass is 16.5. The molecule has 0 bridgehead atoms. The maximum Gasteiger partial charge on any atom is 0.232 e. The molecule has 21 heavy (non-hydrogen) atoms. The Hall–Kier alpha value is -2.29. The van der Waals surface area contributed by atoms with Crippen molar-refractivity contribution in [3.8, 4) is 11.5 Å². The molecule has 0 aromatic heterocycles. The van der Waals surface area contributed by atoms with Gasteiger partial charge in [-0.25, -0.2) is 0 Å². The van der Waals surface area contributed by atoms with Crippen LogP contribution in [0, 0.1) is 0 Å². The second-order valence-electron chi connectivity index (χ2n) is 5.43. The third-order valence-electron chi connectivity index (χ3n) is 3.94. The Bertz CT molecular complexity index is 620. The lowest BCUT2D eigenvalue weighted by Crippen LogP contribution is -2.37. The van der Waals surface area contributed by atoms with E-state index in [0.29, 0.717) is 0 Å². The van der Waals surface area contributed by atoms with Crippen LogP contribution in [0.4, 0.5) is 0 Å². The van der Waals surface area contributed by atoms with Crippen molar-refractivity contribution in [2.45, 2.75) is 32.2 Å². The summed E-state index contributed by atoms with van der Waals surface area (Å²) in [5, 5.41) is 3.09. The molecule has 108 valence electrons. The lowest BCUT2D eigenvalue weighted by molar-refractivity contribution is -0.122. The van der Waals surface area contributed by atoms with E-state index in [9.17, 15) is 4.79 Å². The second-order valence-corrected chi connectivity index (χ2v) is 5.43. The minimum atomic E-state index is -0.305. The molecule has 0 unspecified atom stereocenters. The van der Waals surface area contributed by atoms with Crippen molar-refractivity contribution >= 4 is 5.91 Å². The fraction of sp³-hybridized carbons (Fsp3) is 0.278. The molecule has 1 amide bonds. The van der Waals surface area contributed by atoms with Crippen LogP contribution in [0.15, 0.2) is 48.5 Å². The molecule has 1 atom stereocenters.